The van der Waals surface area contributed by atoms with Crippen molar-refractivity contribution in [3.05, 3.63) is 40.5 Å². The van der Waals surface area contributed by atoms with Crippen LogP contribution in [0, 0.1) is 10.1 Å². The fourth-order valence-corrected chi connectivity index (χ4v) is 3.22. The summed E-state index contributed by atoms with van der Waals surface area (Å²) in [5.41, 5.74) is -0.617. The van der Waals surface area contributed by atoms with Gasteiger partial charge in [0.15, 0.2) is 5.75 Å². The lowest BCUT2D eigenvalue weighted by Gasteiger charge is -2.22. The van der Waals surface area contributed by atoms with Crippen LogP contribution in [-0.4, -0.2) is 35.8 Å². The van der Waals surface area contributed by atoms with E-state index in [1.165, 1.54) is 4.31 Å². The number of nitro groups is 1. The van der Waals surface area contributed by atoms with Gasteiger partial charge in [0.1, 0.15) is 0 Å². The van der Waals surface area contributed by atoms with Gasteiger partial charge in [0.2, 0.25) is 10.0 Å². The molecule has 1 aliphatic heterocycles. The summed E-state index contributed by atoms with van der Waals surface area (Å²) in [5.74, 6) is -0.553. The van der Waals surface area contributed by atoms with Crippen LogP contribution in [0.25, 0.3) is 0 Å². The molecule has 0 saturated heterocycles. The van der Waals surface area contributed by atoms with E-state index in [0.29, 0.717) is 13.0 Å². The Balaban J connectivity index is 2.43. The van der Waals surface area contributed by atoms with Gasteiger partial charge in [0.05, 0.1) is 9.82 Å². The van der Waals surface area contributed by atoms with E-state index < -0.39 is 26.4 Å². The second-order valence-corrected chi connectivity index (χ2v) is 5.97. The molecule has 0 amide bonds. The molecule has 1 aliphatic rings. The minimum Gasteiger partial charge on any atom is -0.502 e. The van der Waals surface area contributed by atoms with Gasteiger partial charge < -0.3 is 5.11 Å². The van der Waals surface area contributed by atoms with E-state index in [-0.39, 0.29) is 11.4 Å². The number of phenols is 1. The number of benzene rings is 1. The molecule has 19 heavy (non-hydrogen) atoms. The minimum atomic E-state index is -3.77. The van der Waals surface area contributed by atoms with Gasteiger partial charge in [-0.15, -0.1) is 0 Å². The monoisotopic (exact) mass is 284 g/mol. The van der Waals surface area contributed by atoms with Crippen LogP contribution < -0.4 is 0 Å². The molecule has 2 rings (SSSR count). The molecule has 0 fully saturated rings. The van der Waals surface area contributed by atoms with Gasteiger partial charge in [0.25, 0.3) is 0 Å². The number of nitro benzene ring substituents is 1. The minimum absolute atomic E-state index is 0.188. The molecule has 7 nitrogen and oxygen atoms in total. The number of sulfonamides is 1. The number of rotatable bonds is 3. The third kappa shape index (κ3) is 2.59. The summed E-state index contributed by atoms with van der Waals surface area (Å²) in [6.07, 6.45) is 4.22. The van der Waals surface area contributed by atoms with E-state index in [1.54, 1.807) is 6.08 Å². The Bertz CT molecular complexity index is 638. The molecular weight excluding hydrogens is 272 g/mol. The highest BCUT2D eigenvalue weighted by Gasteiger charge is 2.27. The van der Waals surface area contributed by atoms with E-state index in [4.69, 9.17) is 0 Å². The van der Waals surface area contributed by atoms with Gasteiger partial charge in [-0.05, 0) is 18.6 Å². The van der Waals surface area contributed by atoms with Crippen molar-refractivity contribution in [1.29, 1.82) is 0 Å². The highest BCUT2D eigenvalue weighted by molar-refractivity contribution is 7.89. The molecule has 1 N–H and O–H groups in total. The highest BCUT2D eigenvalue weighted by Crippen LogP contribution is 2.29. The van der Waals surface area contributed by atoms with Crippen LogP contribution in [0.1, 0.15) is 6.42 Å². The first-order valence-corrected chi connectivity index (χ1v) is 6.99. The lowest BCUT2D eigenvalue weighted by molar-refractivity contribution is -0.386. The summed E-state index contributed by atoms with van der Waals surface area (Å²) in [4.78, 5) is 9.70. The topological polar surface area (TPSA) is 101 Å². The van der Waals surface area contributed by atoms with Crippen molar-refractivity contribution in [2.24, 2.45) is 0 Å². The Morgan fingerprint density at radius 3 is 2.63 bits per heavy atom. The van der Waals surface area contributed by atoms with Crippen molar-refractivity contribution in [3.8, 4) is 5.75 Å². The fourth-order valence-electron chi connectivity index (χ4n) is 1.80. The number of phenolic OH excluding ortho intramolecular Hbond substituents is 1. The standard InChI is InChI=1S/C11H12N2O5S/c14-11-5-4-9(8-10(11)13(15)16)19(17,18)12-6-2-1-3-7-12/h1-2,4-5,8,14H,3,6-7H2. The molecule has 0 unspecified atom stereocenters. The first kappa shape index (κ1) is 13.5. The molecular formula is C11H12N2O5S. The normalized spacial score (nSPS) is 16.4. The van der Waals surface area contributed by atoms with Crippen molar-refractivity contribution in [2.75, 3.05) is 13.1 Å². The molecule has 0 aliphatic carbocycles. The maximum Gasteiger partial charge on any atom is 0.312 e. The van der Waals surface area contributed by atoms with Crippen molar-refractivity contribution >= 4 is 15.7 Å². The van der Waals surface area contributed by atoms with Crippen molar-refractivity contribution in [2.45, 2.75) is 11.3 Å². The Hall–Kier alpha value is -1.93. The smallest absolute Gasteiger partial charge is 0.312 e. The van der Waals surface area contributed by atoms with E-state index in [1.807, 2.05) is 6.08 Å². The molecule has 0 aromatic heterocycles. The average Bonchev–Trinajstić information content (AvgIpc) is 2.39. The van der Waals surface area contributed by atoms with E-state index in [9.17, 15) is 23.6 Å². The Morgan fingerprint density at radius 2 is 2.05 bits per heavy atom. The van der Waals surface area contributed by atoms with E-state index in [0.717, 1.165) is 18.2 Å². The first-order valence-electron chi connectivity index (χ1n) is 5.55. The van der Waals surface area contributed by atoms with Gasteiger partial charge in [-0.1, -0.05) is 12.2 Å². The average molecular weight is 284 g/mol. The van der Waals surface area contributed by atoms with Crippen LogP contribution in [0.3, 0.4) is 0 Å². The van der Waals surface area contributed by atoms with Crippen LogP contribution in [0.4, 0.5) is 5.69 Å². The zero-order valence-corrected chi connectivity index (χ0v) is 10.7. The molecule has 1 heterocycles. The number of hydrogen-bond donors (Lipinski definition) is 1. The predicted molar refractivity (Wildman–Crippen MR) is 67.3 cm³/mol. The van der Waals surface area contributed by atoms with Gasteiger partial charge >= 0.3 is 5.69 Å². The van der Waals surface area contributed by atoms with E-state index in [2.05, 4.69) is 0 Å². The first-order chi connectivity index (χ1) is 8.93. The third-order valence-electron chi connectivity index (χ3n) is 2.80. The maximum atomic E-state index is 12.3. The molecule has 102 valence electrons. The molecule has 0 bridgehead atoms. The summed E-state index contributed by atoms with van der Waals surface area (Å²) in [6.45, 7) is 0.588. The van der Waals surface area contributed by atoms with E-state index >= 15 is 0 Å². The summed E-state index contributed by atoms with van der Waals surface area (Å²) in [6, 6.07) is 3.06. The molecule has 1 aromatic carbocycles. The lowest BCUT2D eigenvalue weighted by atomic mass is 10.3. The van der Waals surface area contributed by atoms with Crippen LogP contribution in [0.2, 0.25) is 0 Å². The molecule has 1 aromatic rings. The highest BCUT2D eigenvalue weighted by atomic mass is 32.2. The number of nitrogens with zero attached hydrogens (tertiary/aromatic N) is 2. The number of aromatic hydroxyl groups is 1. The summed E-state index contributed by atoms with van der Waals surface area (Å²) < 4.78 is 25.8. The zero-order chi connectivity index (χ0) is 14.0. The maximum absolute atomic E-state index is 12.3. The van der Waals surface area contributed by atoms with Crippen LogP contribution in [-0.2, 0) is 10.0 Å². The quantitative estimate of drug-likeness (QED) is 0.511. The predicted octanol–water partition coefficient (Wildman–Crippen LogP) is 1.25. The van der Waals surface area contributed by atoms with Gasteiger partial charge in [-0.2, -0.15) is 4.31 Å². The van der Waals surface area contributed by atoms with Gasteiger partial charge in [-0.25, -0.2) is 8.42 Å². The van der Waals surface area contributed by atoms with Gasteiger partial charge in [-0.3, -0.25) is 10.1 Å². The molecule has 8 heteroatoms. The Labute approximate surface area is 110 Å². The third-order valence-corrected chi connectivity index (χ3v) is 4.66. The molecule has 0 atom stereocenters. The van der Waals surface area contributed by atoms with Crippen LogP contribution in [0.15, 0.2) is 35.2 Å². The molecule has 0 radical (unpaired) electrons. The largest absolute Gasteiger partial charge is 0.502 e. The molecule has 0 spiro atoms. The Morgan fingerprint density at radius 1 is 1.32 bits per heavy atom. The SMILES string of the molecule is O=[N+]([O-])c1cc(S(=O)(=O)N2CC=CCC2)ccc1O. The van der Waals surface area contributed by atoms with Crippen LogP contribution >= 0.6 is 0 Å². The zero-order valence-electron chi connectivity index (χ0n) is 9.89. The Kier molecular flexibility index (Phi) is 3.54. The summed E-state index contributed by atoms with van der Waals surface area (Å²) in [7, 11) is -3.77. The fraction of sp³-hybridized carbons (Fsp3) is 0.273. The van der Waals surface area contributed by atoms with Crippen molar-refractivity contribution < 1.29 is 18.4 Å². The lowest BCUT2D eigenvalue weighted by Crippen LogP contribution is -2.33. The second kappa shape index (κ2) is 4.98. The second-order valence-electron chi connectivity index (χ2n) is 4.03. The van der Waals surface area contributed by atoms with Crippen molar-refractivity contribution in [1.82, 2.24) is 4.31 Å². The van der Waals surface area contributed by atoms with Gasteiger partial charge in [0, 0.05) is 19.2 Å². The number of hydrogen-bond acceptors (Lipinski definition) is 5. The summed E-state index contributed by atoms with van der Waals surface area (Å²) >= 11 is 0. The van der Waals surface area contributed by atoms with Crippen molar-refractivity contribution in [3.63, 3.8) is 0 Å². The van der Waals surface area contributed by atoms with Crippen LogP contribution in [0.5, 0.6) is 5.75 Å². The summed E-state index contributed by atoms with van der Waals surface area (Å²) in [5, 5.41) is 20.0. The molecule has 0 saturated carbocycles.